The monoisotopic (exact) mass is 558 g/mol. The van der Waals surface area contributed by atoms with Gasteiger partial charge in [-0.15, -0.1) is 0 Å². The normalized spacial score (nSPS) is 37.5. The Kier molecular flexibility index (Phi) is 5.19. The molecule has 2 saturated heterocycles. The number of nitrogens with one attached hydrogen (secondary N) is 2. The standard InChI is InChI=1S/C30H34N6O5/c37-13-21-23-24(41-30(40-23)11-19-3-1-2-4-20(19)12-30)27(39-21)36-15-33-22-25(31-14-32-26(22)36)34-28(38)35-29-8-16-5-17(9-29)7-18(6-16)10-29/h1-4,14-18,21,23-24,27,37H,5-13H2,(H2,31,32,34,35,38)/t16?,17?,18?,21-,23?,24?,27-,29?/m1/s1. The minimum Gasteiger partial charge on any atom is -0.394 e. The van der Waals surface area contributed by atoms with Crippen molar-refractivity contribution in [2.45, 2.75) is 87.2 Å². The van der Waals surface area contributed by atoms with Gasteiger partial charge in [-0.1, -0.05) is 24.3 Å². The molecule has 2 aromatic heterocycles. The lowest BCUT2D eigenvalue weighted by molar-refractivity contribution is -0.213. The minimum atomic E-state index is -0.776. The Balaban J connectivity index is 0.967. The van der Waals surface area contributed by atoms with E-state index in [9.17, 15) is 9.90 Å². The van der Waals surface area contributed by atoms with E-state index in [0.29, 0.717) is 29.8 Å². The van der Waals surface area contributed by atoms with Crippen LogP contribution < -0.4 is 10.6 Å². The number of hydrogen-bond acceptors (Lipinski definition) is 8. The van der Waals surface area contributed by atoms with Crippen LogP contribution in [0.5, 0.6) is 0 Å². The van der Waals surface area contributed by atoms with E-state index in [1.165, 1.54) is 36.7 Å². The Hall–Kier alpha value is -3.12. The second kappa shape index (κ2) is 8.70. The highest BCUT2D eigenvalue weighted by molar-refractivity contribution is 5.96. The minimum absolute atomic E-state index is 0.105. The number of hydrogen-bond donors (Lipinski definition) is 3. The summed E-state index contributed by atoms with van der Waals surface area (Å²) in [6.07, 6.45) is 9.51. The number of nitrogens with zero attached hydrogens (tertiary/aromatic N) is 4. The third-order valence-electron chi connectivity index (χ3n) is 10.5. The number of amides is 2. The van der Waals surface area contributed by atoms with E-state index in [4.69, 9.17) is 14.2 Å². The van der Waals surface area contributed by atoms with Crippen LogP contribution in [0.1, 0.15) is 55.9 Å². The van der Waals surface area contributed by atoms with Gasteiger partial charge in [0.1, 0.15) is 24.6 Å². The van der Waals surface area contributed by atoms with Crippen molar-refractivity contribution in [2.24, 2.45) is 17.8 Å². The highest BCUT2D eigenvalue weighted by Crippen LogP contribution is 2.55. The Morgan fingerprint density at radius 1 is 0.976 bits per heavy atom. The van der Waals surface area contributed by atoms with Gasteiger partial charge < -0.3 is 24.6 Å². The SMILES string of the molecule is O=C(Nc1ncnc2c1ncn2[C@@H]1O[C@H](CO)C2OC3(Cc4ccccc4C3)OC21)NC12CC3CC(CC(C3)C1)C2. The van der Waals surface area contributed by atoms with E-state index in [2.05, 4.69) is 37.7 Å². The quantitative estimate of drug-likeness (QED) is 0.445. The van der Waals surface area contributed by atoms with Gasteiger partial charge in [0.25, 0.3) is 0 Å². The second-order valence-corrected chi connectivity index (χ2v) is 13.3. The Morgan fingerprint density at radius 2 is 1.66 bits per heavy atom. The van der Waals surface area contributed by atoms with Gasteiger partial charge in [0.15, 0.2) is 29.0 Å². The molecular weight excluding hydrogens is 524 g/mol. The molecule has 3 N–H and O–H groups in total. The largest absolute Gasteiger partial charge is 0.394 e. The third-order valence-corrected chi connectivity index (χ3v) is 10.5. The summed E-state index contributed by atoms with van der Waals surface area (Å²) in [6, 6.07) is 8.03. The van der Waals surface area contributed by atoms with Gasteiger partial charge in [0, 0.05) is 18.4 Å². The number of aliphatic hydroxyl groups is 1. The molecule has 11 heteroatoms. The number of aliphatic hydroxyl groups excluding tert-OH is 1. The van der Waals surface area contributed by atoms with Crippen LogP contribution in [0.2, 0.25) is 0 Å². The number of anilines is 1. The van der Waals surface area contributed by atoms with E-state index >= 15 is 0 Å². The zero-order valence-corrected chi connectivity index (χ0v) is 22.7. The lowest BCUT2D eigenvalue weighted by Gasteiger charge is -2.56. The van der Waals surface area contributed by atoms with Crippen LogP contribution in [0.15, 0.2) is 36.9 Å². The van der Waals surface area contributed by atoms with Crippen molar-refractivity contribution < 1.29 is 24.1 Å². The first-order valence-electron chi connectivity index (χ1n) is 14.9. The molecule has 214 valence electrons. The van der Waals surface area contributed by atoms with Crippen LogP contribution in [0.4, 0.5) is 10.6 Å². The van der Waals surface area contributed by atoms with E-state index < -0.39 is 30.3 Å². The molecule has 6 fully saturated rings. The van der Waals surface area contributed by atoms with Crippen molar-refractivity contribution in [2.75, 3.05) is 11.9 Å². The number of urea groups is 1. The molecule has 11 nitrogen and oxygen atoms in total. The summed E-state index contributed by atoms with van der Waals surface area (Å²) < 4.78 is 21.2. The van der Waals surface area contributed by atoms with Crippen molar-refractivity contribution in [1.82, 2.24) is 24.8 Å². The van der Waals surface area contributed by atoms with Gasteiger partial charge in [0.2, 0.25) is 0 Å². The first-order valence-corrected chi connectivity index (χ1v) is 14.9. The van der Waals surface area contributed by atoms with Crippen molar-refractivity contribution in [3.8, 4) is 0 Å². The van der Waals surface area contributed by atoms with Gasteiger partial charge in [0.05, 0.1) is 12.9 Å². The molecule has 3 aromatic rings. The average molecular weight is 559 g/mol. The van der Waals surface area contributed by atoms with Gasteiger partial charge in [-0.2, -0.15) is 0 Å². The van der Waals surface area contributed by atoms with E-state index in [1.807, 2.05) is 12.1 Å². The number of rotatable bonds is 4. The van der Waals surface area contributed by atoms with E-state index in [0.717, 1.165) is 37.0 Å². The number of carbonyl (C=O) groups is 1. The maximum atomic E-state index is 13.3. The lowest BCUT2D eigenvalue weighted by atomic mass is 9.53. The van der Waals surface area contributed by atoms with Crippen molar-refractivity contribution in [3.63, 3.8) is 0 Å². The fourth-order valence-electron chi connectivity index (χ4n) is 9.36. The topological polar surface area (TPSA) is 133 Å². The number of aromatic nitrogens is 4. The Morgan fingerprint density at radius 3 is 2.34 bits per heavy atom. The lowest BCUT2D eigenvalue weighted by Crippen LogP contribution is -2.60. The molecule has 2 unspecified atom stereocenters. The molecule has 0 radical (unpaired) electrons. The van der Waals surface area contributed by atoms with Crippen LogP contribution in [-0.2, 0) is 27.1 Å². The highest BCUT2D eigenvalue weighted by Gasteiger charge is 2.60. The van der Waals surface area contributed by atoms with Gasteiger partial charge in [-0.05, 0) is 67.4 Å². The maximum absolute atomic E-state index is 13.3. The predicted molar refractivity (Wildman–Crippen MR) is 146 cm³/mol. The molecule has 5 aliphatic carbocycles. The number of imidazole rings is 1. The molecule has 2 aliphatic heterocycles. The molecule has 41 heavy (non-hydrogen) atoms. The highest BCUT2D eigenvalue weighted by atomic mass is 16.8. The summed E-state index contributed by atoms with van der Waals surface area (Å²) in [5, 5.41) is 16.5. The number of benzene rings is 1. The molecule has 4 heterocycles. The van der Waals surface area contributed by atoms with Gasteiger partial charge in [-0.3, -0.25) is 9.88 Å². The molecule has 2 amide bonds. The number of fused-ring (bicyclic) bond motifs is 3. The number of ether oxygens (including phenoxy) is 3. The predicted octanol–water partition coefficient (Wildman–Crippen LogP) is 3.09. The zero-order valence-electron chi connectivity index (χ0n) is 22.7. The molecule has 10 rings (SSSR count). The molecule has 4 saturated carbocycles. The maximum Gasteiger partial charge on any atom is 0.320 e. The van der Waals surface area contributed by atoms with Crippen molar-refractivity contribution in [3.05, 3.63) is 48.0 Å². The third kappa shape index (κ3) is 3.78. The summed E-state index contributed by atoms with van der Waals surface area (Å²) in [5.74, 6) is 1.79. The molecule has 4 atom stereocenters. The van der Waals surface area contributed by atoms with E-state index in [-0.39, 0.29) is 18.2 Å². The molecule has 7 aliphatic rings. The summed E-state index contributed by atoms with van der Waals surface area (Å²) in [4.78, 5) is 26.7. The summed E-state index contributed by atoms with van der Waals surface area (Å²) in [5.41, 5.74) is 3.32. The Labute approximate surface area is 237 Å². The zero-order chi connectivity index (χ0) is 27.3. The fraction of sp³-hybridized carbons (Fsp3) is 0.600. The fourth-order valence-corrected chi connectivity index (χ4v) is 9.36. The molecule has 1 spiro atoms. The molecular formula is C30H34N6O5. The summed E-state index contributed by atoms with van der Waals surface area (Å²) >= 11 is 0. The smallest absolute Gasteiger partial charge is 0.320 e. The van der Waals surface area contributed by atoms with Crippen LogP contribution in [0, 0.1) is 17.8 Å². The Bertz CT molecular complexity index is 1480. The molecule has 4 bridgehead atoms. The van der Waals surface area contributed by atoms with Gasteiger partial charge in [-0.25, -0.2) is 19.7 Å². The van der Waals surface area contributed by atoms with Crippen LogP contribution in [0.3, 0.4) is 0 Å². The van der Waals surface area contributed by atoms with Crippen LogP contribution in [0.25, 0.3) is 11.2 Å². The first-order chi connectivity index (χ1) is 20.0. The van der Waals surface area contributed by atoms with Crippen molar-refractivity contribution in [1.29, 1.82) is 0 Å². The summed E-state index contributed by atoms with van der Waals surface area (Å²) in [7, 11) is 0. The van der Waals surface area contributed by atoms with Crippen LogP contribution in [-0.4, -0.2) is 66.9 Å². The van der Waals surface area contributed by atoms with E-state index in [1.54, 1.807) is 10.9 Å². The van der Waals surface area contributed by atoms with Crippen molar-refractivity contribution >= 4 is 23.0 Å². The second-order valence-electron chi connectivity index (χ2n) is 13.3. The van der Waals surface area contributed by atoms with Gasteiger partial charge >= 0.3 is 6.03 Å². The molecule has 1 aromatic carbocycles. The average Bonchev–Trinajstić information content (AvgIpc) is 3.69. The number of carbonyl (C=O) groups excluding carboxylic acids is 1. The first kappa shape index (κ1) is 24.5. The van der Waals surface area contributed by atoms with Crippen LogP contribution >= 0.6 is 0 Å². The summed E-state index contributed by atoms with van der Waals surface area (Å²) in [6.45, 7) is -0.192.